The van der Waals surface area contributed by atoms with Crippen LogP contribution in [0.15, 0.2) is 36.5 Å². The first kappa shape index (κ1) is 9.97. The molecule has 0 fully saturated rings. The van der Waals surface area contributed by atoms with E-state index in [1.165, 1.54) is 0 Å². The van der Waals surface area contributed by atoms with E-state index in [4.69, 9.17) is 0 Å². The number of carbonyl (C=O) groups is 1. The maximum atomic E-state index is 11.9. The van der Waals surface area contributed by atoms with Gasteiger partial charge in [0.15, 0.2) is 5.78 Å². The van der Waals surface area contributed by atoms with Crippen molar-refractivity contribution in [3.05, 3.63) is 36.5 Å². The van der Waals surface area contributed by atoms with Crippen LogP contribution in [0.3, 0.4) is 0 Å². The van der Waals surface area contributed by atoms with Crippen LogP contribution >= 0.6 is 0 Å². The maximum Gasteiger partial charge on any atom is 0.168 e. The fraction of sp³-hybridized carbons (Fsp3) is 0.417. The molecule has 0 bridgehead atoms. The van der Waals surface area contributed by atoms with E-state index in [0.717, 1.165) is 5.57 Å². The van der Waals surface area contributed by atoms with Crippen molar-refractivity contribution >= 4 is 5.78 Å². The summed E-state index contributed by atoms with van der Waals surface area (Å²) in [5, 5.41) is 0. The summed E-state index contributed by atoms with van der Waals surface area (Å²) in [6, 6.07) is 0. The molecule has 1 rings (SSSR count). The van der Waals surface area contributed by atoms with Gasteiger partial charge in [0.05, 0.1) is 5.41 Å². The van der Waals surface area contributed by atoms with E-state index in [1.54, 1.807) is 0 Å². The first-order valence-corrected chi connectivity index (χ1v) is 4.56. The molecule has 1 nitrogen and oxygen atoms in total. The Morgan fingerprint density at radius 1 is 1.62 bits per heavy atom. The Hall–Kier alpha value is -1.11. The van der Waals surface area contributed by atoms with E-state index in [1.807, 2.05) is 45.1 Å². The first-order chi connectivity index (χ1) is 6.02. The summed E-state index contributed by atoms with van der Waals surface area (Å²) in [6.07, 6.45) is 7.62. The largest absolute Gasteiger partial charge is 0.294 e. The number of hydrogen-bond acceptors (Lipinski definition) is 1. The lowest BCUT2D eigenvalue weighted by Gasteiger charge is -2.31. The van der Waals surface area contributed by atoms with Gasteiger partial charge in [-0.15, -0.1) is 6.58 Å². The van der Waals surface area contributed by atoms with Crippen molar-refractivity contribution in [3.8, 4) is 0 Å². The number of allylic oxidation sites excluding steroid dienone is 5. The molecular weight excluding hydrogens is 160 g/mol. The molecule has 0 radical (unpaired) electrons. The fourth-order valence-electron chi connectivity index (χ4n) is 1.57. The molecule has 0 saturated heterocycles. The van der Waals surface area contributed by atoms with Crippen molar-refractivity contribution in [1.29, 1.82) is 0 Å². The number of rotatable bonds is 2. The second-order valence-electron chi connectivity index (χ2n) is 3.84. The lowest BCUT2D eigenvalue weighted by Crippen LogP contribution is -2.33. The summed E-state index contributed by atoms with van der Waals surface area (Å²) >= 11 is 0. The van der Waals surface area contributed by atoms with Crippen molar-refractivity contribution in [2.75, 3.05) is 0 Å². The van der Waals surface area contributed by atoms with E-state index < -0.39 is 0 Å². The van der Waals surface area contributed by atoms with Gasteiger partial charge in [0.25, 0.3) is 0 Å². The lowest BCUT2D eigenvalue weighted by atomic mass is 9.70. The van der Waals surface area contributed by atoms with Crippen LogP contribution in [0.4, 0.5) is 0 Å². The molecule has 2 atom stereocenters. The van der Waals surface area contributed by atoms with Crippen LogP contribution in [0.25, 0.3) is 0 Å². The van der Waals surface area contributed by atoms with Gasteiger partial charge in [-0.05, 0) is 25.3 Å². The lowest BCUT2D eigenvalue weighted by molar-refractivity contribution is -0.123. The third-order valence-corrected chi connectivity index (χ3v) is 2.94. The van der Waals surface area contributed by atoms with E-state index in [0.29, 0.717) is 0 Å². The summed E-state index contributed by atoms with van der Waals surface area (Å²) in [6.45, 7) is 9.58. The molecule has 13 heavy (non-hydrogen) atoms. The zero-order chi connectivity index (χ0) is 10.1. The van der Waals surface area contributed by atoms with E-state index in [9.17, 15) is 4.79 Å². The van der Waals surface area contributed by atoms with Gasteiger partial charge in [-0.3, -0.25) is 4.79 Å². The van der Waals surface area contributed by atoms with Gasteiger partial charge in [0, 0.05) is 0 Å². The molecule has 1 aliphatic carbocycles. The normalized spacial score (nSPS) is 29.8. The monoisotopic (exact) mass is 176 g/mol. The molecule has 1 aliphatic rings. The zero-order valence-corrected chi connectivity index (χ0v) is 8.50. The van der Waals surface area contributed by atoms with Crippen molar-refractivity contribution in [3.63, 3.8) is 0 Å². The van der Waals surface area contributed by atoms with Gasteiger partial charge >= 0.3 is 0 Å². The number of hydrogen-bond donors (Lipinski definition) is 0. The number of ketones is 1. The molecule has 0 N–H and O–H groups in total. The molecule has 70 valence electrons. The third-order valence-electron chi connectivity index (χ3n) is 2.94. The van der Waals surface area contributed by atoms with Crippen molar-refractivity contribution in [2.24, 2.45) is 11.3 Å². The summed E-state index contributed by atoms with van der Waals surface area (Å²) in [4.78, 5) is 11.9. The van der Waals surface area contributed by atoms with Crippen molar-refractivity contribution in [1.82, 2.24) is 0 Å². The van der Waals surface area contributed by atoms with Crippen LogP contribution in [0.2, 0.25) is 0 Å². The summed E-state index contributed by atoms with van der Waals surface area (Å²) in [5.74, 6) is 0.391. The highest BCUT2D eigenvalue weighted by atomic mass is 16.1. The first-order valence-electron chi connectivity index (χ1n) is 4.56. The molecule has 0 spiro atoms. The van der Waals surface area contributed by atoms with Gasteiger partial charge in [-0.25, -0.2) is 0 Å². The van der Waals surface area contributed by atoms with Crippen molar-refractivity contribution < 1.29 is 4.79 Å². The Bertz CT molecular complexity index is 296. The Labute approximate surface area is 79.8 Å². The van der Waals surface area contributed by atoms with Crippen LogP contribution in [-0.2, 0) is 4.79 Å². The highest BCUT2D eigenvalue weighted by Gasteiger charge is 2.36. The zero-order valence-electron chi connectivity index (χ0n) is 8.50. The predicted molar refractivity (Wildman–Crippen MR) is 55.4 cm³/mol. The minimum atomic E-state index is -0.388. The van der Waals surface area contributed by atoms with Crippen LogP contribution in [0.1, 0.15) is 20.8 Å². The molecule has 0 aromatic carbocycles. The topological polar surface area (TPSA) is 17.1 Å². The fourth-order valence-corrected chi connectivity index (χ4v) is 1.57. The standard InChI is InChI=1S/C12H16O/c1-5-10(3)12(4)8-6-7-9(2)11(12)13/h5-8,10H,1H2,2-4H3. The minimum Gasteiger partial charge on any atom is -0.294 e. The Morgan fingerprint density at radius 2 is 2.23 bits per heavy atom. The van der Waals surface area contributed by atoms with E-state index in [2.05, 4.69) is 6.58 Å². The van der Waals surface area contributed by atoms with Crippen LogP contribution in [-0.4, -0.2) is 5.78 Å². The minimum absolute atomic E-state index is 0.180. The van der Waals surface area contributed by atoms with E-state index >= 15 is 0 Å². The quantitative estimate of drug-likeness (QED) is 0.591. The molecule has 0 aliphatic heterocycles. The summed E-state index contributed by atoms with van der Waals surface area (Å²) < 4.78 is 0. The average Bonchev–Trinajstić information content (AvgIpc) is 2.13. The number of Topliss-reactive ketones (excluding diaryl/α,β-unsaturated/α-hetero) is 1. The van der Waals surface area contributed by atoms with Crippen LogP contribution in [0.5, 0.6) is 0 Å². The predicted octanol–water partition coefficient (Wildman–Crippen LogP) is 2.90. The molecule has 0 heterocycles. The summed E-state index contributed by atoms with van der Waals surface area (Å²) in [7, 11) is 0. The molecule has 0 aromatic heterocycles. The Balaban J connectivity index is 3.06. The molecule has 0 aromatic rings. The SMILES string of the molecule is C=CC(C)C1(C)C=CC=C(C)C1=O. The second-order valence-corrected chi connectivity index (χ2v) is 3.84. The Kier molecular flexibility index (Phi) is 2.55. The van der Waals surface area contributed by atoms with E-state index in [-0.39, 0.29) is 17.1 Å². The Morgan fingerprint density at radius 3 is 2.77 bits per heavy atom. The van der Waals surface area contributed by atoms with Gasteiger partial charge in [-0.2, -0.15) is 0 Å². The average molecular weight is 176 g/mol. The van der Waals surface area contributed by atoms with Gasteiger partial charge < -0.3 is 0 Å². The van der Waals surface area contributed by atoms with Crippen LogP contribution in [0, 0.1) is 11.3 Å². The third kappa shape index (κ3) is 1.51. The molecule has 0 amide bonds. The van der Waals surface area contributed by atoms with Gasteiger partial charge in [-0.1, -0.05) is 31.2 Å². The maximum absolute atomic E-state index is 11.9. The number of carbonyl (C=O) groups excluding carboxylic acids is 1. The highest BCUT2D eigenvalue weighted by Crippen LogP contribution is 2.35. The van der Waals surface area contributed by atoms with Crippen LogP contribution < -0.4 is 0 Å². The highest BCUT2D eigenvalue weighted by molar-refractivity contribution is 6.02. The van der Waals surface area contributed by atoms with Gasteiger partial charge in [0.1, 0.15) is 0 Å². The van der Waals surface area contributed by atoms with Gasteiger partial charge in [0.2, 0.25) is 0 Å². The second kappa shape index (κ2) is 3.33. The van der Waals surface area contributed by atoms with Crippen molar-refractivity contribution in [2.45, 2.75) is 20.8 Å². The smallest absolute Gasteiger partial charge is 0.168 e. The molecule has 1 heteroatoms. The molecular formula is C12H16O. The summed E-state index contributed by atoms with van der Waals surface area (Å²) in [5.41, 5.74) is 0.444. The molecule has 2 unspecified atom stereocenters. The molecule has 0 saturated carbocycles.